The van der Waals surface area contributed by atoms with E-state index in [-0.39, 0.29) is 10.5 Å². The number of aromatic nitrogens is 1. The largest absolute Gasteiger partial charge is 0.298 e. The van der Waals surface area contributed by atoms with Gasteiger partial charge in [-0.25, -0.2) is 13.4 Å². The Labute approximate surface area is 162 Å². The molecule has 3 rings (SSSR count). The Morgan fingerprint density at radius 2 is 1.74 bits per heavy atom. The van der Waals surface area contributed by atoms with Gasteiger partial charge >= 0.3 is 0 Å². The van der Waals surface area contributed by atoms with Crippen LogP contribution in [-0.4, -0.2) is 19.3 Å². The fourth-order valence-corrected chi connectivity index (χ4v) is 4.43. The minimum absolute atomic E-state index is 0.0612. The van der Waals surface area contributed by atoms with E-state index in [1.807, 2.05) is 26.0 Å². The number of amides is 1. The molecule has 1 heterocycles. The third-order valence-corrected chi connectivity index (χ3v) is 6.24. The lowest BCUT2D eigenvalue weighted by Gasteiger charge is -2.12. The van der Waals surface area contributed by atoms with Crippen molar-refractivity contribution in [2.75, 3.05) is 10.0 Å². The van der Waals surface area contributed by atoms with Gasteiger partial charge in [0, 0.05) is 22.3 Å². The first-order valence-corrected chi connectivity index (χ1v) is 10.5. The number of nitrogens with zero attached hydrogens (tertiary/aromatic N) is 1. The van der Waals surface area contributed by atoms with Crippen LogP contribution in [0.3, 0.4) is 0 Å². The van der Waals surface area contributed by atoms with Gasteiger partial charge in [-0.3, -0.25) is 14.8 Å². The molecule has 0 saturated heterocycles. The summed E-state index contributed by atoms with van der Waals surface area (Å²) in [4.78, 5) is 17.6. The van der Waals surface area contributed by atoms with E-state index in [9.17, 15) is 13.2 Å². The van der Waals surface area contributed by atoms with Crippen LogP contribution in [0.15, 0.2) is 53.6 Å². The summed E-state index contributed by atoms with van der Waals surface area (Å²) in [5.41, 5.74) is 2.30. The van der Waals surface area contributed by atoms with Crippen LogP contribution in [0.1, 0.15) is 26.4 Å². The summed E-state index contributed by atoms with van der Waals surface area (Å²) in [6.07, 6.45) is 1.66. The van der Waals surface area contributed by atoms with Gasteiger partial charge in [-0.1, -0.05) is 23.8 Å². The molecular weight excluding hydrogens is 382 g/mol. The molecule has 0 atom stereocenters. The topological polar surface area (TPSA) is 88.2 Å². The molecule has 0 aliphatic heterocycles. The SMILES string of the molecule is Cc1ccc(NS(=O)(=O)c2cc(C(=O)Nc3ncc(C)s3)ccc2C)cc1. The molecule has 0 aliphatic carbocycles. The third kappa shape index (κ3) is 4.53. The Hall–Kier alpha value is -2.71. The van der Waals surface area contributed by atoms with Crippen LogP contribution < -0.4 is 10.0 Å². The van der Waals surface area contributed by atoms with Crippen molar-refractivity contribution in [3.63, 3.8) is 0 Å². The van der Waals surface area contributed by atoms with E-state index in [4.69, 9.17) is 0 Å². The zero-order valence-corrected chi connectivity index (χ0v) is 16.7. The first-order valence-electron chi connectivity index (χ1n) is 8.18. The van der Waals surface area contributed by atoms with Crippen LogP contribution >= 0.6 is 11.3 Å². The van der Waals surface area contributed by atoms with Gasteiger partial charge in [0.25, 0.3) is 15.9 Å². The number of hydrogen-bond donors (Lipinski definition) is 2. The molecule has 0 fully saturated rings. The summed E-state index contributed by atoms with van der Waals surface area (Å²) in [7, 11) is -3.82. The van der Waals surface area contributed by atoms with E-state index >= 15 is 0 Å². The molecule has 27 heavy (non-hydrogen) atoms. The zero-order chi connectivity index (χ0) is 19.6. The smallest absolute Gasteiger partial charge is 0.262 e. The lowest BCUT2D eigenvalue weighted by Crippen LogP contribution is -2.17. The van der Waals surface area contributed by atoms with Gasteiger partial charge in [-0.2, -0.15) is 0 Å². The second kappa shape index (κ2) is 7.50. The van der Waals surface area contributed by atoms with E-state index in [2.05, 4.69) is 15.0 Å². The molecule has 0 aliphatic rings. The first kappa shape index (κ1) is 19.1. The normalized spacial score (nSPS) is 11.2. The van der Waals surface area contributed by atoms with Gasteiger partial charge in [0.1, 0.15) is 0 Å². The number of hydrogen-bond acceptors (Lipinski definition) is 5. The standard InChI is InChI=1S/C19H19N3O3S2/c1-12-4-8-16(9-5-12)22-27(24,25)17-10-15(7-6-13(17)2)18(23)21-19-20-11-14(3)26-19/h4-11,22H,1-3H3,(H,20,21,23). The number of carbonyl (C=O) groups is 1. The van der Waals surface area contributed by atoms with Crippen LogP contribution in [-0.2, 0) is 10.0 Å². The fourth-order valence-electron chi connectivity index (χ4n) is 2.44. The van der Waals surface area contributed by atoms with Gasteiger partial charge in [0.05, 0.1) is 4.90 Å². The maximum absolute atomic E-state index is 12.8. The van der Waals surface area contributed by atoms with Crippen LogP contribution in [0, 0.1) is 20.8 Å². The minimum Gasteiger partial charge on any atom is -0.298 e. The van der Waals surface area contributed by atoms with Gasteiger partial charge in [-0.05, 0) is 50.6 Å². The van der Waals surface area contributed by atoms with Crippen molar-refractivity contribution in [2.24, 2.45) is 0 Å². The van der Waals surface area contributed by atoms with Crippen LogP contribution in [0.2, 0.25) is 0 Å². The lowest BCUT2D eigenvalue weighted by atomic mass is 10.1. The average molecular weight is 402 g/mol. The van der Waals surface area contributed by atoms with Crippen molar-refractivity contribution in [1.29, 1.82) is 0 Å². The minimum atomic E-state index is -3.82. The van der Waals surface area contributed by atoms with E-state index in [0.717, 1.165) is 10.4 Å². The monoisotopic (exact) mass is 401 g/mol. The maximum atomic E-state index is 12.8. The quantitative estimate of drug-likeness (QED) is 0.673. The van der Waals surface area contributed by atoms with Crippen LogP contribution in [0.4, 0.5) is 10.8 Å². The summed E-state index contributed by atoms with van der Waals surface area (Å²) >= 11 is 1.35. The van der Waals surface area contributed by atoms with Gasteiger partial charge < -0.3 is 0 Å². The highest BCUT2D eigenvalue weighted by molar-refractivity contribution is 7.92. The Kier molecular flexibility index (Phi) is 5.29. The molecule has 0 radical (unpaired) electrons. The molecule has 1 aromatic heterocycles. The molecule has 0 spiro atoms. The van der Waals surface area contributed by atoms with Gasteiger partial charge in [0.15, 0.2) is 5.13 Å². The highest BCUT2D eigenvalue weighted by atomic mass is 32.2. The Bertz CT molecular complexity index is 1090. The number of rotatable bonds is 5. The van der Waals surface area contributed by atoms with Crippen molar-refractivity contribution in [3.05, 3.63) is 70.2 Å². The maximum Gasteiger partial charge on any atom is 0.262 e. The molecule has 0 saturated carbocycles. The van der Waals surface area contributed by atoms with Crippen molar-refractivity contribution in [2.45, 2.75) is 25.7 Å². The number of thiazole rings is 1. The van der Waals surface area contributed by atoms with Crippen molar-refractivity contribution in [3.8, 4) is 0 Å². The van der Waals surface area contributed by atoms with E-state index in [1.54, 1.807) is 37.4 Å². The second-order valence-electron chi connectivity index (χ2n) is 6.18. The Morgan fingerprint density at radius 1 is 1.04 bits per heavy atom. The molecule has 0 bridgehead atoms. The van der Waals surface area contributed by atoms with Crippen molar-refractivity contribution in [1.82, 2.24) is 4.98 Å². The lowest BCUT2D eigenvalue weighted by molar-refractivity contribution is 0.102. The van der Waals surface area contributed by atoms with Crippen molar-refractivity contribution >= 4 is 38.1 Å². The highest BCUT2D eigenvalue weighted by Gasteiger charge is 2.20. The Balaban J connectivity index is 1.87. The molecular formula is C19H19N3O3S2. The van der Waals surface area contributed by atoms with Crippen LogP contribution in [0.5, 0.6) is 0 Å². The number of carbonyl (C=O) groups excluding carboxylic acids is 1. The van der Waals surface area contributed by atoms with E-state index in [1.165, 1.54) is 17.4 Å². The van der Waals surface area contributed by atoms with Gasteiger partial charge in [0.2, 0.25) is 0 Å². The van der Waals surface area contributed by atoms with E-state index in [0.29, 0.717) is 16.4 Å². The summed E-state index contributed by atoms with van der Waals surface area (Å²) < 4.78 is 28.1. The molecule has 3 aromatic rings. The first-order chi connectivity index (χ1) is 12.7. The number of nitrogens with one attached hydrogen (secondary N) is 2. The molecule has 6 nitrogen and oxygen atoms in total. The summed E-state index contributed by atoms with van der Waals surface area (Å²) in [6.45, 7) is 5.50. The number of anilines is 2. The molecule has 2 N–H and O–H groups in total. The molecule has 140 valence electrons. The number of sulfonamides is 1. The van der Waals surface area contributed by atoms with E-state index < -0.39 is 15.9 Å². The molecule has 8 heteroatoms. The zero-order valence-electron chi connectivity index (χ0n) is 15.1. The third-order valence-electron chi connectivity index (χ3n) is 3.89. The predicted octanol–water partition coefficient (Wildman–Crippen LogP) is 4.12. The summed E-state index contributed by atoms with van der Waals surface area (Å²) in [5, 5.41) is 3.16. The highest BCUT2D eigenvalue weighted by Crippen LogP contribution is 2.23. The summed E-state index contributed by atoms with van der Waals surface area (Å²) in [6, 6.07) is 11.6. The summed E-state index contributed by atoms with van der Waals surface area (Å²) in [5.74, 6) is -0.406. The van der Waals surface area contributed by atoms with Crippen molar-refractivity contribution < 1.29 is 13.2 Å². The number of aryl methyl sites for hydroxylation is 3. The molecule has 2 aromatic carbocycles. The molecule has 1 amide bonds. The number of benzene rings is 2. The molecule has 0 unspecified atom stereocenters. The van der Waals surface area contributed by atoms with Crippen LogP contribution in [0.25, 0.3) is 0 Å². The van der Waals surface area contributed by atoms with Gasteiger partial charge in [-0.15, -0.1) is 11.3 Å². The Morgan fingerprint density at radius 3 is 2.37 bits per heavy atom. The average Bonchev–Trinajstić information content (AvgIpc) is 3.01. The second-order valence-corrected chi connectivity index (χ2v) is 9.07. The fraction of sp³-hybridized carbons (Fsp3) is 0.158. The predicted molar refractivity (Wildman–Crippen MR) is 108 cm³/mol.